The van der Waals surface area contributed by atoms with Gasteiger partial charge in [0.1, 0.15) is 10.3 Å². The fourth-order valence-corrected chi connectivity index (χ4v) is 1.41. The van der Waals surface area contributed by atoms with Gasteiger partial charge in [0.05, 0.1) is 6.61 Å². The van der Waals surface area contributed by atoms with E-state index in [-0.39, 0.29) is 4.49 Å². The molecular formula is C13H20Cl2O. The van der Waals surface area contributed by atoms with E-state index in [0.29, 0.717) is 12.4 Å². The lowest BCUT2D eigenvalue weighted by atomic mass is 10.1. The van der Waals surface area contributed by atoms with Crippen LogP contribution < -0.4 is 0 Å². The van der Waals surface area contributed by atoms with Crippen LogP contribution >= 0.6 is 23.2 Å². The molecule has 0 bridgehead atoms. The zero-order chi connectivity index (χ0) is 12.6. The van der Waals surface area contributed by atoms with Gasteiger partial charge in [-0.1, -0.05) is 40.4 Å². The largest absolute Gasteiger partial charge is 0.491 e. The van der Waals surface area contributed by atoms with Crippen LogP contribution in [0.4, 0.5) is 0 Å². The van der Waals surface area contributed by atoms with E-state index in [4.69, 9.17) is 27.9 Å². The molecule has 0 amide bonds. The van der Waals surface area contributed by atoms with Gasteiger partial charge in [-0.15, -0.1) is 0 Å². The highest BCUT2D eigenvalue weighted by molar-refractivity contribution is 6.56. The second-order valence-electron chi connectivity index (χ2n) is 3.87. The summed E-state index contributed by atoms with van der Waals surface area (Å²) in [5.74, 6) is 0.556. The molecule has 0 radical (unpaired) electrons. The number of hydrogen-bond acceptors (Lipinski definition) is 1. The van der Waals surface area contributed by atoms with Gasteiger partial charge in [-0.2, -0.15) is 0 Å². The Morgan fingerprint density at radius 2 is 1.81 bits per heavy atom. The Morgan fingerprint density at radius 3 is 2.25 bits per heavy atom. The monoisotopic (exact) mass is 262 g/mol. The van der Waals surface area contributed by atoms with Crippen molar-refractivity contribution in [3.8, 4) is 0 Å². The lowest BCUT2D eigenvalue weighted by Crippen LogP contribution is -1.90. The van der Waals surface area contributed by atoms with Crippen LogP contribution in [0.1, 0.15) is 40.5 Å². The summed E-state index contributed by atoms with van der Waals surface area (Å²) in [7, 11) is 0. The average Bonchev–Trinajstić information content (AvgIpc) is 2.16. The number of allylic oxidation sites excluding steroid dienone is 4. The third-order valence-corrected chi connectivity index (χ3v) is 2.33. The Hall–Kier alpha value is -0.400. The summed E-state index contributed by atoms with van der Waals surface area (Å²) in [6.45, 7) is 8.72. The van der Waals surface area contributed by atoms with Crippen LogP contribution in [0.5, 0.6) is 0 Å². The van der Waals surface area contributed by atoms with E-state index in [1.165, 1.54) is 11.1 Å². The van der Waals surface area contributed by atoms with Crippen molar-refractivity contribution < 1.29 is 4.74 Å². The molecule has 0 N–H and O–H groups in total. The first-order valence-corrected chi connectivity index (χ1v) is 6.21. The Balaban J connectivity index is 4.39. The van der Waals surface area contributed by atoms with E-state index in [1.807, 2.05) is 13.0 Å². The van der Waals surface area contributed by atoms with Crippen LogP contribution in [0.25, 0.3) is 0 Å². The summed E-state index contributed by atoms with van der Waals surface area (Å²) in [4.78, 5) is 0. The standard InChI is InChI=1S/C13H20Cl2O/c1-5-16-12(13(14)15)9-11(4)8-6-7-10(2)3/h7,9H,5-6,8H2,1-4H3. The maximum absolute atomic E-state index is 5.71. The summed E-state index contributed by atoms with van der Waals surface area (Å²) < 4.78 is 5.51. The quantitative estimate of drug-likeness (QED) is 0.356. The van der Waals surface area contributed by atoms with Crippen molar-refractivity contribution in [3.63, 3.8) is 0 Å². The first-order valence-electron chi connectivity index (χ1n) is 5.46. The van der Waals surface area contributed by atoms with Crippen LogP contribution in [0.3, 0.4) is 0 Å². The molecule has 3 heteroatoms. The smallest absolute Gasteiger partial charge is 0.149 e. The molecule has 0 aromatic heterocycles. The van der Waals surface area contributed by atoms with E-state index >= 15 is 0 Å². The summed E-state index contributed by atoms with van der Waals surface area (Å²) in [6.07, 6.45) is 6.13. The molecule has 0 aromatic rings. The van der Waals surface area contributed by atoms with Crippen molar-refractivity contribution in [2.24, 2.45) is 0 Å². The van der Waals surface area contributed by atoms with Crippen LogP contribution in [0.2, 0.25) is 0 Å². The minimum Gasteiger partial charge on any atom is -0.491 e. The predicted octanol–water partition coefficient (Wildman–Crippen LogP) is 5.36. The van der Waals surface area contributed by atoms with Gasteiger partial charge in [0.2, 0.25) is 0 Å². The molecule has 0 aromatic carbocycles. The zero-order valence-electron chi connectivity index (χ0n) is 10.4. The highest BCUT2D eigenvalue weighted by atomic mass is 35.5. The van der Waals surface area contributed by atoms with Crippen LogP contribution in [0, 0.1) is 0 Å². The molecule has 0 saturated carbocycles. The van der Waals surface area contributed by atoms with Crippen molar-refractivity contribution in [1.29, 1.82) is 0 Å². The number of rotatable bonds is 6. The molecule has 16 heavy (non-hydrogen) atoms. The molecule has 0 aliphatic rings. The molecule has 0 atom stereocenters. The number of ether oxygens (including phenoxy) is 1. The van der Waals surface area contributed by atoms with Crippen LogP contribution in [-0.2, 0) is 4.74 Å². The summed E-state index contributed by atoms with van der Waals surface area (Å²) in [5.41, 5.74) is 2.54. The third-order valence-electron chi connectivity index (χ3n) is 1.95. The topological polar surface area (TPSA) is 9.23 Å². The Morgan fingerprint density at radius 1 is 1.19 bits per heavy atom. The highest BCUT2D eigenvalue weighted by Crippen LogP contribution is 2.19. The van der Waals surface area contributed by atoms with Gasteiger partial charge in [0, 0.05) is 0 Å². The molecular weight excluding hydrogens is 243 g/mol. The lowest BCUT2D eigenvalue weighted by molar-refractivity contribution is 0.242. The number of halogens is 2. The number of hydrogen-bond donors (Lipinski definition) is 0. The first kappa shape index (κ1) is 15.6. The van der Waals surface area contributed by atoms with E-state index < -0.39 is 0 Å². The van der Waals surface area contributed by atoms with Crippen LogP contribution in [0.15, 0.2) is 33.5 Å². The SMILES string of the molecule is CCOC(C=C(C)CCC=C(C)C)=C(Cl)Cl. The van der Waals surface area contributed by atoms with E-state index in [1.54, 1.807) is 0 Å². The summed E-state index contributed by atoms with van der Waals surface area (Å²) >= 11 is 11.4. The summed E-state index contributed by atoms with van der Waals surface area (Å²) in [5, 5.41) is 0. The Labute approximate surface area is 109 Å². The van der Waals surface area contributed by atoms with Crippen molar-refractivity contribution >= 4 is 23.2 Å². The molecule has 0 aliphatic carbocycles. The van der Waals surface area contributed by atoms with E-state index in [9.17, 15) is 0 Å². The van der Waals surface area contributed by atoms with E-state index in [2.05, 4.69) is 26.8 Å². The molecule has 1 nitrogen and oxygen atoms in total. The van der Waals surface area contributed by atoms with Gasteiger partial charge in [-0.25, -0.2) is 0 Å². The lowest BCUT2D eigenvalue weighted by Gasteiger charge is -2.06. The fourth-order valence-electron chi connectivity index (χ4n) is 1.19. The van der Waals surface area contributed by atoms with Crippen molar-refractivity contribution in [3.05, 3.63) is 33.5 Å². The van der Waals surface area contributed by atoms with Gasteiger partial charge in [0.15, 0.2) is 0 Å². The molecule has 92 valence electrons. The van der Waals surface area contributed by atoms with E-state index in [0.717, 1.165) is 12.8 Å². The van der Waals surface area contributed by atoms with Gasteiger partial charge < -0.3 is 4.74 Å². The van der Waals surface area contributed by atoms with Crippen molar-refractivity contribution in [2.45, 2.75) is 40.5 Å². The van der Waals surface area contributed by atoms with Crippen molar-refractivity contribution in [1.82, 2.24) is 0 Å². The first-order chi connectivity index (χ1) is 7.47. The maximum Gasteiger partial charge on any atom is 0.149 e. The predicted molar refractivity (Wildman–Crippen MR) is 72.8 cm³/mol. The average molecular weight is 263 g/mol. The van der Waals surface area contributed by atoms with Crippen molar-refractivity contribution in [2.75, 3.05) is 6.61 Å². The van der Waals surface area contributed by atoms with Gasteiger partial charge in [0.25, 0.3) is 0 Å². The molecule has 0 unspecified atom stereocenters. The molecule has 0 saturated heterocycles. The summed E-state index contributed by atoms with van der Waals surface area (Å²) in [6, 6.07) is 0. The normalized spacial score (nSPS) is 11.0. The second-order valence-corrected chi connectivity index (χ2v) is 4.82. The fraction of sp³-hybridized carbons (Fsp3) is 0.538. The third kappa shape index (κ3) is 7.84. The van der Waals surface area contributed by atoms with Gasteiger partial charge >= 0.3 is 0 Å². The highest BCUT2D eigenvalue weighted by Gasteiger charge is 2.00. The molecule has 0 fully saturated rings. The second kappa shape index (κ2) is 8.72. The molecule has 0 aliphatic heterocycles. The van der Waals surface area contributed by atoms with Gasteiger partial charge in [-0.05, 0) is 46.6 Å². The minimum absolute atomic E-state index is 0.184. The molecule has 0 spiro atoms. The Bertz CT molecular complexity index is 293. The van der Waals surface area contributed by atoms with Crippen LogP contribution in [-0.4, -0.2) is 6.61 Å². The molecule has 0 rings (SSSR count). The Kier molecular flexibility index (Phi) is 8.50. The van der Waals surface area contributed by atoms with Gasteiger partial charge in [-0.3, -0.25) is 0 Å². The minimum atomic E-state index is 0.184. The zero-order valence-corrected chi connectivity index (χ0v) is 12.0. The molecule has 0 heterocycles. The maximum atomic E-state index is 5.71.